The van der Waals surface area contributed by atoms with Gasteiger partial charge >= 0.3 is 0 Å². The maximum atomic E-state index is 6.01. The third kappa shape index (κ3) is 5.68. The second-order valence-electron chi connectivity index (χ2n) is 3.93. The minimum absolute atomic E-state index is 0.437. The highest BCUT2D eigenvalue weighted by molar-refractivity contribution is 6.11. The Kier molecular flexibility index (Phi) is 7.74. The lowest BCUT2D eigenvalue weighted by molar-refractivity contribution is 0.448. The largest absolute Gasteiger partial charge is 0.0749 e. The van der Waals surface area contributed by atoms with Crippen LogP contribution in [0.3, 0.4) is 0 Å². The molecule has 2 radical (unpaired) electrons. The number of unbranched alkanes of at least 4 members (excludes halogenated alkanes) is 2. The highest BCUT2D eigenvalue weighted by Gasteiger charge is 2.09. The Morgan fingerprint density at radius 2 is 1.67 bits per heavy atom. The molecule has 0 bridgehead atoms. The van der Waals surface area contributed by atoms with Crippen molar-refractivity contribution in [3.05, 3.63) is 0 Å². The van der Waals surface area contributed by atoms with E-state index in [2.05, 4.69) is 20.8 Å². The Labute approximate surface area is 79.5 Å². The van der Waals surface area contributed by atoms with Crippen molar-refractivity contribution < 1.29 is 0 Å². The summed E-state index contributed by atoms with van der Waals surface area (Å²) in [4.78, 5) is 0. The normalized spacial score (nSPS) is 15.9. The average Bonchev–Trinajstić information content (AvgIpc) is 2.05. The molecule has 0 aliphatic rings. The minimum Gasteiger partial charge on any atom is -0.0749 e. The van der Waals surface area contributed by atoms with Crippen LogP contribution in [-0.2, 0) is 0 Å². The molecule has 0 amide bonds. The molecule has 0 aromatic heterocycles. The Balaban J connectivity index is 3.35. The van der Waals surface area contributed by atoms with Crippen molar-refractivity contribution in [2.45, 2.75) is 65.1 Å². The molecule has 0 heterocycles. The molecule has 0 spiro atoms. The van der Waals surface area contributed by atoms with E-state index in [4.69, 9.17) is 7.85 Å². The van der Waals surface area contributed by atoms with Gasteiger partial charge in [0, 0.05) is 0 Å². The molecular formula is C11H23B. The third-order valence-corrected chi connectivity index (χ3v) is 2.62. The molecule has 0 aromatic rings. The van der Waals surface area contributed by atoms with E-state index < -0.39 is 0 Å². The zero-order chi connectivity index (χ0) is 9.40. The van der Waals surface area contributed by atoms with Crippen LogP contribution in [0.25, 0.3) is 0 Å². The van der Waals surface area contributed by atoms with E-state index in [9.17, 15) is 0 Å². The van der Waals surface area contributed by atoms with E-state index in [1.165, 1.54) is 38.5 Å². The Hall–Kier alpha value is 0.0649. The van der Waals surface area contributed by atoms with Gasteiger partial charge in [0.05, 0.1) is 7.85 Å². The lowest BCUT2D eigenvalue weighted by Crippen LogP contribution is -2.05. The number of rotatable bonds is 7. The summed E-state index contributed by atoms with van der Waals surface area (Å²) in [5, 5.41) is 0. The molecule has 0 saturated carbocycles. The van der Waals surface area contributed by atoms with E-state index in [1.54, 1.807) is 0 Å². The first-order chi connectivity index (χ1) is 5.72. The van der Waals surface area contributed by atoms with Crippen LogP contribution < -0.4 is 0 Å². The second-order valence-corrected chi connectivity index (χ2v) is 3.93. The van der Waals surface area contributed by atoms with Crippen molar-refractivity contribution in [2.24, 2.45) is 5.92 Å². The van der Waals surface area contributed by atoms with Crippen molar-refractivity contribution in [2.75, 3.05) is 0 Å². The van der Waals surface area contributed by atoms with Gasteiger partial charge in [-0.2, -0.15) is 0 Å². The maximum absolute atomic E-state index is 6.01. The molecule has 70 valence electrons. The predicted octanol–water partition coefficient (Wildman–Crippen LogP) is 3.96. The molecular weight excluding hydrogens is 143 g/mol. The topological polar surface area (TPSA) is 0 Å². The predicted molar refractivity (Wildman–Crippen MR) is 57.7 cm³/mol. The van der Waals surface area contributed by atoms with Crippen molar-refractivity contribution in [3.63, 3.8) is 0 Å². The van der Waals surface area contributed by atoms with E-state index >= 15 is 0 Å². The summed E-state index contributed by atoms with van der Waals surface area (Å²) in [5.74, 6) is 1.16. The maximum Gasteiger partial charge on any atom is 0.0703 e. The van der Waals surface area contributed by atoms with Gasteiger partial charge in [0.25, 0.3) is 0 Å². The minimum atomic E-state index is 0.437. The van der Waals surface area contributed by atoms with Gasteiger partial charge in [-0.1, -0.05) is 65.1 Å². The second kappa shape index (κ2) is 7.70. The molecule has 0 saturated heterocycles. The zero-order valence-corrected chi connectivity index (χ0v) is 8.97. The summed E-state index contributed by atoms with van der Waals surface area (Å²) in [6, 6.07) is 0. The van der Waals surface area contributed by atoms with Crippen molar-refractivity contribution >= 4 is 7.85 Å². The van der Waals surface area contributed by atoms with Gasteiger partial charge in [-0.25, -0.2) is 0 Å². The van der Waals surface area contributed by atoms with Crippen LogP contribution >= 0.6 is 0 Å². The molecule has 0 rings (SSSR count). The van der Waals surface area contributed by atoms with Gasteiger partial charge in [0.2, 0.25) is 0 Å². The van der Waals surface area contributed by atoms with Crippen LogP contribution in [0.4, 0.5) is 0 Å². The zero-order valence-electron chi connectivity index (χ0n) is 8.97. The quantitative estimate of drug-likeness (QED) is 0.396. The van der Waals surface area contributed by atoms with Crippen LogP contribution in [0.15, 0.2) is 0 Å². The first-order valence-electron chi connectivity index (χ1n) is 5.47. The molecule has 0 aromatic carbocycles. The van der Waals surface area contributed by atoms with E-state index in [0.29, 0.717) is 5.82 Å². The Morgan fingerprint density at radius 3 is 2.17 bits per heavy atom. The molecule has 0 N–H and O–H groups in total. The summed E-state index contributed by atoms with van der Waals surface area (Å²) in [7, 11) is 6.01. The van der Waals surface area contributed by atoms with Crippen LogP contribution in [-0.4, -0.2) is 7.85 Å². The van der Waals surface area contributed by atoms with Crippen LogP contribution in [0.5, 0.6) is 0 Å². The highest BCUT2D eigenvalue weighted by Crippen LogP contribution is 2.24. The van der Waals surface area contributed by atoms with Gasteiger partial charge < -0.3 is 0 Å². The smallest absolute Gasteiger partial charge is 0.0703 e. The molecule has 12 heavy (non-hydrogen) atoms. The fourth-order valence-corrected chi connectivity index (χ4v) is 1.55. The summed E-state index contributed by atoms with van der Waals surface area (Å²) in [5.41, 5.74) is 0. The molecule has 0 fully saturated rings. The first-order valence-corrected chi connectivity index (χ1v) is 5.47. The monoisotopic (exact) mass is 166 g/mol. The SMILES string of the molecule is [B]C(CCC)C(C)CCCCC. The van der Waals surface area contributed by atoms with Crippen LogP contribution in [0.2, 0.25) is 5.82 Å². The highest BCUT2D eigenvalue weighted by atomic mass is 14.1. The van der Waals surface area contributed by atoms with Gasteiger partial charge in [-0.15, -0.1) is 0 Å². The van der Waals surface area contributed by atoms with Gasteiger partial charge in [0.15, 0.2) is 0 Å². The van der Waals surface area contributed by atoms with Crippen LogP contribution in [0, 0.1) is 5.92 Å². The van der Waals surface area contributed by atoms with E-state index in [-0.39, 0.29) is 0 Å². The van der Waals surface area contributed by atoms with Gasteiger partial charge in [-0.05, 0) is 5.92 Å². The van der Waals surface area contributed by atoms with Crippen LogP contribution in [0.1, 0.15) is 59.3 Å². The molecule has 0 aliphatic carbocycles. The molecule has 2 atom stereocenters. The van der Waals surface area contributed by atoms with Crippen molar-refractivity contribution in [1.29, 1.82) is 0 Å². The summed E-state index contributed by atoms with van der Waals surface area (Å²) in [6.45, 7) is 6.74. The summed E-state index contributed by atoms with van der Waals surface area (Å²) in [6.07, 6.45) is 7.76. The van der Waals surface area contributed by atoms with E-state index in [1.807, 2.05) is 0 Å². The average molecular weight is 166 g/mol. The first kappa shape index (κ1) is 12.1. The Morgan fingerprint density at radius 1 is 1.00 bits per heavy atom. The van der Waals surface area contributed by atoms with Gasteiger partial charge in [0.1, 0.15) is 0 Å². The van der Waals surface area contributed by atoms with Crippen molar-refractivity contribution in [1.82, 2.24) is 0 Å². The molecule has 0 nitrogen and oxygen atoms in total. The summed E-state index contributed by atoms with van der Waals surface area (Å²) < 4.78 is 0. The Bertz CT molecular complexity index is 91.0. The van der Waals surface area contributed by atoms with E-state index in [0.717, 1.165) is 5.92 Å². The molecule has 2 unspecified atom stereocenters. The third-order valence-electron chi connectivity index (χ3n) is 2.62. The lowest BCUT2D eigenvalue weighted by Gasteiger charge is -2.19. The summed E-state index contributed by atoms with van der Waals surface area (Å²) >= 11 is 0. The fourth-order valence-electron chi connectivity index (χ4n) is 1.55. The molecule has 1 heteroatoms. The fraction of sp³-hybridized carbons (Fsp3) is 1.00. The van der Waals surface area contributed by atoms with Crippen molar-refractivity contribution in [3.8, 4) is 0 Å². The van der Waals surface area contributed by atoms with Gasteiger partial charge in [-0.3, -0.25) is 0 Å². The standard InChI is InChI=1S/C11H23B/c1-4-6-7-9-10(3)11(12)8-5-2/h10-11H,4-9H2,1-3H3. The number of hydrogen-bond acceptors (Lipinski definition) is 0. The molecule has 0 aliphatic heterocycles. The number of hydrogen-bond donors (Lipinski definition) is 0. The lowest BCUT2D eigenvalue weighted by atomic mass is 9.73.